The van der Waals surface area contributed by atoms with Gasteiger partial charge in [0.1, 0.15) is 11.5 Å². The van der Waals surface area contributed by atoms with Gasteiger partial charge in [-0.05, 0) is 38.0 Å². The lowest BCUT2D eigenvalue weighted by Crippen LogP contribution is -2.17. The summed E-state index contributed by atoms with van der Waals surface area (Å²) in [6, 6.07) is 11.6. The van der Waals surface area contributed by atoms with Gasteiger partial charge in [0.25, 0.3) is 5.91 Å². The van der Waals surface area contributed by atoms with E-state index in [9.17, 15) is 4.79 Å². The number of carbonyl (C=O) groups excluding carboxylic acids is 1. The van der Waals surface area contributed by atoms with Gasteiger partial charge in [-0.1, -0.05) is 36.4 Å². The van der Waals surface area contributed by atoms with Crippen molar-refractivity contribution in [1.29, 1.82) is 0 Å². The Morgan fingerprint density at radius 2 is 1.95 bits per heavy atom. The molecule has 108 valence electrons. The van der Waals surface area contributed by atoms with E-state index in [0.717, 1.165) is 11.1 Å². The third-order valence-corrected chi connectivity index (χ3v) is 2.91. The quantitative estimate of drug-likeness (QED) is 0.686. The molecule has 0 aliphatic rings. The number of nitrogens with one attached hydrogen (secondary N) is 1. The molecular weight excluding hydrogens is 264 g/mol. The molecule has 0 saturated carbocycles. The van der Waals surface area contributed by atoms with Crippen molar-refractivity contribution in [2.75, 3.05) is 0 Å². The lowest BCUT2D eigenvalue weighted by atomic mass is 10.1. The Bertz CT molecular complexity index is 682. The summed E-state index contributed by atoms with van der Waals surface area (Å²) in [7, 11) is 0. The highest BCUT2D eigenvalue weighted by Gasteiger charge is 2.12. The van der Waals surface area contributed by atoms with Crippen LogP contribution in [0.1, 0.15) is 34.4 Å². The molecular formula is C17H18N2O2. The largest absolute Gasteiger partial charge is 0.466 e. The Hall–Kier alpha value is -2.62. The molecule has 1 aromatic carbocycles. The molecule has 0 aliphatic carbocycles. The maximum Gasteiger partial charge on any atom is 0.274 e. The van der Waals surface area contributed by atoms with Crippen LogP contribution in [0, 0.1) is 13.8 Å². The SMILES string of the molecule is CC(=C/c1ccccc1)/C=N/NC(=O)c1cc(C)oc1C. The minimum atomic E-state index is -0.270. The van der Waals surface area contributed by atoms with Gasteiger partial charge < -0.3 is 4.42 Å². The molecule has 0 unspecified atom stereocenters. The van der Waals surface area contributed by atoms with Crippen LogP contribution in [-0.4, -0.2) is 12.1 Å². The Morgan fingerprint density at radius 1 is 1.24 bits per heavy atom. The van der Waals surface area contributed by atoms with E-state index in [1.165, 1.54) is 0 Å². The second-order valence-corrected chi connectivity index (χ2v) is 4.83. The van der Waals surface area contributed by atoms with E-state index >= 15 is 0 Å². The zero-order valence-corrected chi connectivity index (χ0v) is 12.4. The average molecular weight is 282 g/mol. The average Bonchev–Trinajstić information content (AvgIpc) is 2.79. The predicted molar refractivity (Wildman–Crippen MR) is 84.2 cm³/mol. The summed E-state index contributed by atoms with van der Waals surface area (Å²) in [6.07, 6.45) is 3.61. The van der Waals surface area contributed by atoms with Crippen LogP contribution in [0.2, 0.25) is 0 Å². The molecule has 4 heteroatoms. The normalized spacial score (nSPS) is 11.9. The maximum absolute atomic E-state index is 11.9. The first-order chi connectivity index (χ1) is 10.1. The van der Waals surface area contributed by atoms with Crippen molar-refractivity contribution in [2.45, 2.75) is 20.8 Å². The predicted octanol–water partition coefficient (Wildman–Crippen LogP) is 3.72. The van der Waals surface area contributed by atoms with Crippen LogP contribution in [0.5, 0.6) is 0 Å². The summed E-state index contributed by atoms with van der Waals surface area (Å²) >= 11 is 0. The second kappa shape index (κ2) is 6.70. The molecule has 0 radical (unpaired) electrons. The van der Waals surface area contributed by atoms with Crippen LogP contribution in [0.15, 0.2) is 51.5 Å². The topological polar surface area (TPSA) is 54.6 Å². The third-order valence-electron chi connectivity index (χ3n) is 2.91. The van der Waals surface area contributed by atoms with Crippen LogP contribution in [0.3, 0.4) is 0 Å². The summed E-state index contributed by atoms with van der Waals surface area (Å²) in [5, 5.41) is 3.96. The highest BCUT2D eigenvalue weighted by atomic mass is 16.3. The molecule has 2 aromatic rings. The van der Waals surface area contributed by atoms with E-state index in [0.29, 0.717) is 17.1 Å². The van der Waals surface area contributed by atoms with Crippen molar-refractivity contribution in [2.24, 2.45) is 5.10 Å². The Balaban J connectivity index is 1.97. The van der Waals surface area contributed by atoms with Crippen molar-refractivity contribution < 1.29 is 9.21 Å². The number of rotatable bonds is 4. The molecule has 1 N–H and O–H groups in total. The Morgan fingerprint density at radius 3 is 2.57 bits per heavy atom. The van der Waals surface area contributed by atoms with Gasteiger partial charge in [-0.15, -0.1) is 0 Å². The molecule has 4 nitrogen and oxygen atoms in total. The smallest absolute Gasteiger partial charge is 0.274 e. The van der Waals surface area contributed by atoms with Gasteiger partial charge in [0.15, 0.2) is 0 Å². The number of nitrogens with zero attached hydrogens (tertiary/aromatic N) is 1. The molecule has 1 aromatic heterocycles. The number of hydrogen-bond donors (Lipinski definition) is 1. The van der Waals surface area contributed by atoms with Gasteiger partial charge in [0.2, 0.25) is 0 Å². The number of hydrazone groups is 1. The van der Waals surface area contributed by atoms with Gasteiger partial charge in [0.05, 0.1) is 11.8 Å². The minimum Gasteiger partial charge on any atom is -0.466 e. The van der Waals surface area contributed by atoms with E-state index in [-0.39, 0.29) is 5.91 Å². The highest BCUT2D eigenvalue weighted by molar-refractivity contribution is 5.96. The third kappa shape index (κ3) is 4.18. The summed E-state index contributed by atoms with van der Waals surface area (Å²) in [4.78, 5) is 11.9. The summed E-state index contributed by atoms with van der Waals surface area (Å²) in [5.74, 6) is 1.03. The fourth-order valence-corrected chi connectivity index (χ4v) is 1.96. The van der Waals surface area contributed by atoms with E-state index in [1.807, 2.05) is 43.3 Å². The molecule has 0 atom stereocenters. The van der Waals surface area contributed by atoms with E-state index in [2.05, 4.69) is 10.5 Å². The van der Waals surface area contributed by atoms with Gasteiger partial charge in [-0.25, -0.2) is 5.43 Å². The number of furan rings is 1. The van der Waals surface area contributed by atoms with E-state index in [4.69, 9.17) is 4.42 Å². The van der Waals surface area contributed by atoms with E-state index < -0.39 is 0 Å². The van der Waals surface area contributed by atoms with Gasteiger partial charge in [0, 0.05) is 0 Å². The van der Waals surface area contributed by atoms with Gasteiger partial charge in [-0.2, -0.15) is 5.10 Å². The van der Waals surface area contributed by atoms with Crippen molar-refractivity contribution in [3.63, 3.8) is 0 Å². The first-order valence-corrected chi connectivity index (χ1v) is 6.70. The zero-order chi connectivity index (χ0) is 15.2. The second-order valence-electron chi connectivity index (χ2n) is 4.83. The van der Waals surface area contributed by atoms with Crippen LogP contribution < -0.4 is 5.43 Å². The Kier molecular flexibility index (Phi) is 4.72. The van der Waals surface area contributed by atoms with Crippen LogP contribution in [-0.2, 0) is 0 Å². The van der Waals surface area contributed by atoms with Crippen molar-refractivity contribution in [3.8, 4) is 0 Å². The molecule has 0 aliphatic heterocycles. The standard InChI is InChI=1S/C17H18N2O2/c1-12(9-15-7-5-4-6-8-15)11-18-19-17(20)16-10-13(2)21-14(16)3/h4-11H,1-3H3,(H,19,20)/b12-9-,18-11+. The monoisotopic (exact) mass is 282 g/mol. The number of hydrogen-bond acceptors (Lipinski definition) is 3. The van der Waals surface area contributed by atoms with Crippen LogP contribution >= 0.6 is 0 Å². The number of amides is 1. The van der Waals surface area contributed by atoms with Crippen LogP contribution in [0.4, 0.5) is 0 Å². The highest BCUT2D eigenvalue weighted by Crippen LogP contribution is 2.13. The number of allylic oxidation sites excluding steroid dienone is 1. The molecule has 2 rings (SSSR count). The molecule has 0 fully saturated rings. The zero-order valence-electron chi connectivity index (χ0n) is 12.4. The molecule has 0 saturated heterocycles. The molecule has 21 heavy (non-hydrogen) atoms. The molecule has 1 heterocycles. The lowest BCUT2D eigenvalue weighted by molar-refractivity contribution is 0.0953. The molecule has 0 bridgehead atoms. The molecule has 0 spiro atoms. The maximum atomic E-state index is 11.9. The Labute approximate surface area is 124 Å². The van der Waals surface area contributed by atoms with E-state index in [1.54, 1.807) is 26.1 Å². The van der Waals surface area contributed by atoms with Crippen molar-refractivity contribution in [1.82, 2.24) is 5.43 Å². The van der Waals surface area contributed by atoms with Crippen LogP contribution in [0.25, 0.3) is 6.08 Å². The lowest BCUT2D eigenvalue weighted by Gasteiger charge is -1.98. The van der Waals surface area contributed by atoms with Gasteiger partial charge in [-0.3, -0.25) is 4.79 Å². The minimum absolute atomic E-state index is 0.270. The first-order valence-electron chi connectivity index (χ1n) is 6.70. The number of aryl methyl sites for hydroxylation is 2. The first kappa shape index (κ1) is 14.8. The molecule has 1 amide bonds. The number of carbonyl (C=O) groups is 1. The summed E-state index contributed by atoms with van der Waals surface area (Å²) < 4.78 is 5.32. The summed E-state index contributed by atoms with van der Waals surface area (Å²) in [5.41, 5.74) is 5.05. The van der Waals surface area contributed by atoms with Crippen molar-refractivity contribution in [3.05, 3.63) is 64.6 Å². The fourth-order valence-electron chi connectivity index (χ4n) is 1.96. The van der Waals surface area contributed by atoms with Crippen molar-refractivity contribution >= 4 is 18.2 Å². The number of benzene rings is 1. The fraction of sp³-hybridized carbons (Fsp3) is 0.176. The van der Waals surface area contributed by atoms with Gasteiger partial charge >= 0.3 is 0 Å². The summed E-state index contributed by atoms with van der Waals surface area (Å²) in [6.45, 7) is 5.49.